The molecule has 1 aliphatic heterocycles. The Bertz CT molecular complexity index is 263. The van der Waals surface area contributed by atoms with Gasteiger partial charge in [-0.25, -0.2) is 4.79 Å². The molecular weight excluding hydrogens is 222 g/mol. The van der Waals surface area contributed by atoms with Crippen molar-refractivity contribution in [2.75, 3.05) is 26.2 Å². The average molecular weight is 242 g/mol. The molecule has 0 aromatic rings. The second kappa shape index (κ2) is 7.11. The van der Waals surface area contributed by atoms with Crippen molar-refractivity contribution < 1.29 is 14.3 Å². The van der Waals surface area contributed by atoms with E-state index >= 15 is 0 Å². The van der Waals surface area contributed by atoms with Gasteiger partial charge in [0.05, 0.1) is 19.7 Å². The first-order valence-corrected chi connectivity index (χ1v) is 5.91. The second-order valence-corrected chi connectivity index (χ2v) is 3.96. The summed E-state index contributed by atoms with van der Waals surface area (Å²) in [6.07, 6.45) is 1.42. The summed E-state index contributed by atoms with van der Waals surface area (Å²) in [6.45, 7) is 5.30. The standard InChI is InChI=1S/C11H20N3O3/c1-2-17-11(16)14-5-3-9(4-6-14)8-13-10(15)7-12/h8-9H,2-7,12H2,1H3,(H,13,15). The van der Waals surface area contributed by atoms with Crippen LogP contribution in [-0.2, 0) is 9.53 Å². The molecule has 1 radical (unpaired) electrons. The summed E-state index contributed by atoms with van der Waals surface area (Å²) in [7, 11) is 0. The van der Waals surface area contributed by atoms with Crippen LogP contribution in [0.25, 0.3) is 0 Å². The Morgan fingerprint density at radius 3 is 2.65 bits per heavy atom. The number of carbonyl (C=O) groups is 2. The summed E-state index contributed by atoms with van der Waals surface area (Å²) >= 11 is 0. The normalized spacial score (nSPS) is 16.7. The molecule has 97 valence electrons. The van der Waals surface area contributed by atoms with Gasteiger partial charge in [0.2, 0.25) is 5.91 Å². The monoisotopic (exact) mass is 242 g/mol. The van der Waals surface area contributed by atoms with Gasteiger partial charge in [-0.2, -0.15) is 0 Å². The zero-order valence-corrected chi connectivity index (χ0v) is 10.1. The van der Waals surface area contributed by atoms with Crippen LogP contribution in [0.4, 0.5) is 4.79 Å². The van der Waals surface area contributed by atoms with Gasteiger partial charge in [0.25, 0.3) is 0 Å². The molecule has 3 N–H and O–H groups in total. The lowest BCUT2D eigenvalue weighted by molar-refractivity contribution is -0.119. The first kappa shape index (κ1) is 13.8. The summed E-state index contributed by atoms with van der Waals surface area (Å²) in [5, 5.41) is 2.65. The van der Waals surface area contributed by atoms with Crippen molar-refractivity contribution >= 4 is 12.0 Å². The van der Waals surface area contributed by atoms with E-state index in [1.165, 1.54) is 0 Å². The van der Waals surface area contributed by atoms with Crippen molar-refractivity contribution in [1.29, 1.82) is 0 Å². The van der Waals surface area contributed by atoms with E-state index in [9.17, 15) is 9.59 Å². The molecule has 6 heteroatoms. The quantitative estimate of drug-likeness (QED) is 0.731. The number of nitrogens with zero attached hydrogens (tertiary/aromatic N) is 1. The van der Waals surface area contributed by atoms with Crippen LogP contribution in [0.2, 0.25) is 0 Å². The number of nitrogens with two attached hydrogens (primary N) is 1. The van der Waals surface area contributed by atoms with Gasteiger partial charge < -0.3 is 20.7 Å². The third-order valence-corrected chi connectivity index (χ3v) is 2.73. The lowest BCUT2D eigenvalue weighted by atomic mass is 9.97. The smallest absolute Gasteiger partial charge is 0.409 e. The lowest BCUT2D eigenvalue weighted by Crippen LogP contribution is -2.40. The first-order valence-electron chi connectivity index (χ1n) is 5.91. The van der Waals surface area contributed by atoms with Crippen LogP contribution >= 0.6 is 0 Å². The fourth-order valence-electron chi connectivity index (χ4n) is 1.73. The van der Waals surface area contributed by atoms with Gasteiger partial charge in [0, 0.05) is 13.1 Å². The second-order valence-electron chi connectivity index (χ2n) is 3.96. The predicted molar refractivity (Wildman–Crippen MR) is 62.8 cm³/mol. The van der Waals surface area contributed by atoms with Crippen LogP contribution in [-0.4, -0.2) is 43.1 Å². The third-order valence-electron chi connectivity index (χ3n) is 2.73. The van der Waals surface area contributed by atoms with Crippen LogP contribution < -0.4 is 11.1 Å². The molecule has 0 spiro atoms. The maximum atomic E-state index is 11.4. The summed E-state index contributed by atoms with van der Waals surface area (Å²) in [5.41, 5.74) is 5.18. The summed E-state index contributed by atoms with van der Waals surface area (Å²) in [4.78, 5) is 24.1. The van der Waals surface area contributed by atoms with Crippen molar-refractivity contribution in [2.24, 2.45) is 11.7 Å². The number of hydrogen-bond acceptors (Lipinski definition) is 4. The fraction of sp³-hybridized carbons (Fsp3) is 0.727. The average Bonchev–Trinajstić information content (AvgIpc) is 2.36. The van der Waals surface area contributed by atoms with Crippen LogP contribution in [0.3, 0.4) is 0 Å². The predicted octanol–water partition coefficient (Wildman–Crippen LogP) is 0.0916. The molecule has 0 aromatic carbocycles. The van der Waals surface area contributed by atoms with E-state index in [0.29, 0.717) is 25.6 Å². The van der Waals surface area contributed by atoms with Gasteiger partial charge in [-0.1, -0.05) is 0 Å². The van der Waals surface area contributed by atoms with Gasteiger partial charge in [-0.15, -0.1) is 0 Å². The van der Waals surface area contributed by atoms with E-state index in [-0.39, 0.29) is 18.5 Å². The summed E-state index contributed by atoms with van der Waals surface area (Å²) < 4.78 is 4.92. The van der Waals surface area contributed by atoms with E-state index in [1.807, 2.05) is 0 Å². The van der Waals surface area contributed by atoms with Crippen molar-refractivity contribution in [2.45, 2.75) is 19.8 Å². The summed E-state index contributed by atoms with van der Waals surface area (Å²) in [6, 6.07) is 0. The Hall–Kier alpha value is -1.30. The number of hydrogen-bond donors (Lipinski definition) is 2. The van der Waals surface area contributed by atoms with E-state index in [0.717, 1.165) is 12.8 Å². The minimum Gasteiger partial charge on any atom is -0.450 e. The number of ether oxygens (including phenoxy) is 1. The molecule has 6 nitrogen and oxygen atoms in total. The van der Waals surface area contributed by atoms with Gasteiger partial charge in [0.1, 0.15) is 0 Å². The van der Waals surface area contributed by atoms with E-state index in [4.69, 9.17) is 10.5 Å². The van der Waals surface area contributed by atoms with Gasteiger partial charge in [-0.3, -0.25) is 4.79 Å². The van der Waals surface area contributed by atoms with Crippen LogP contribution in [0, 0.1) is 12.5 Å². The fourth-order valence-corrected chi connectivity index (χ4v) is 1.73. The zero-order valence-electron chi connectivity index (χ0n) is 10.1. The van der Waals surface area contributed by atoms with Crippen molar-refractivity contribution in [3.63, 3.8) is 0 Å². The largest absolute Gasteiger partial charge is 0.450 e. The van der Waals surface area contributed by atoms with E-state index in [1.54, 1.807) is 18.4 Å². The number of piperidine rings is 1. The first-order chi connectivity index (χ1) is 8.17. The van der Waals surface area contributed by atoms with Crippen molar-refractivity contribution in [3.8, 4) is 0 Å². The topological polar surface area (TPSA) is 84.7 Å². The molecule has 1 saturated heterocycles. The molecule has 1 aliphatic rings. The molecule has 1 heterocycles. The highest BCUT2D eigenvalue weighted by atomic mass is 16.6. The Kier molecular flexibility index (Phi) is 5.76. The lowest BCUT2D eigenvalue weighted by Gasteiger charge is -2.30. The Morgan fingerprint density at radius 2 is 2.12 bits per heavy atom. The molecule has 2 amide bonds. The Balaban J connectivity index is 2.21. The van der Waals surface area contributed by atoms with Crippen LogP contribution in [0.1, 0.15) is 19.8 Å². The maximum absolute atomic E-state index is 11.4. The highest BCUT2D eigenvalue weighted by Gasteiger charge is 2.23. The van der Waals surface area contributed by atoms with Gasteiger partial charge >= 0.3 is 6.09 Å². The third kappa shape index (κ3) is 4.60. The van der Waals surface area contributed by atoms with Crippen LogP contribution in [0.5, 0.6) is 0 Å². The minimum atomic E-state index is -0.253. The molecule has 0 unspecified atom stereocenters. The molecule has 0 atom stereocenters. The van der Waals surface area contributed by atoms with E-state index < -0.39 is 0 Å². The van der Waals surface area contributed by atoms with E-state index in [2.05, 4.69) is 5.32 Å². The highest BCUT2D eigenvalue weighted by Crippen LogP contribution is 2.18. The molecule has 0 bridgehead atoms. The molecule has 0 saturated carbocycles. The van der Waals surface area contributed by atoms with Crippen molar-refractivity contribution in [3.05, 3.63) is 6.54 Å². The highest BCUT2D eigenvalue weighted by molar-refractivity contribution is 5.78. The summed E-state index contributed by atoms with van der Waals surface area (Å²) in [5.74, 6) is 0.119. The minimum absolute atomic E-state index is 0.00181. The number of carbonyl (C=O) groups excluding carboxylic acids is 2. The molecule has 1 fully saturated rings. The number of nitrogens with one attached hydrogen (secondary N) is 1. The molecule has 0 aliphatic carbocycles. The number of rotatable bonds is 4. The number of likely N-dealkylation sites (tertiary alicyclic amines) is 1. The Morgan fingerprint density at radius 1 is 1.47 bits per heavy atom. The molecular formula is C11H20N3O3. The zero-order chi connectivity index (χ0) is 12.7. The van der Waals surface area contributed by atoms with Gasteiger partial charge in [-0.05, 0) is 25.7 Å². The Labute approximate surface area is 101 Å². The number of amides is 2. The van der Waals surface area contributed by atoms with Gasteiger partial charge in [0.15, 0.2) is 0 Å². The van der Waals surface area contributed by atoms with Crippen molar-refractivity contribution in [1.82, 2.24) is 10.2 Å². The molecule has 1 rings (SSSR count). The van der Waals surface area contributed by atoms with Crippen LogP contribution in [0.15, 0.2) is 0 Å². The SMILES string of the molecule is CCOC(=O)N1CCC([CH]NC(=O)CN)CC1. The molecule has 17 heavy (non-hydrogen) atoms. The molecule has 0 aromatic heterocycles. The maximum Gasteiger partial charge on any atom is 0.409 e.